The lowest BCUT2D eigenvalue weighted by molar-refractivity contribution is 0.0379. The average molecular weight is 324 g/mol. The highest BCUT2D eigenvalue weighted by atomic mass is 16.5. The van der Waals surface area contributed by atoms with Crippen LogP contribution in [0.15, 0.2) is 42.6 Å². The molecule has 1 aliphatic heterocycles. The first kappa shape index (κ1) is 16.5. The molecular formula is C20H24N2O2. The molecule has 0 N–H and O–H groups in total. The summed E-state index contributed by atoms with van der Waals surface area (Å²) < 4.78 is 5.52. The van der Waals surface area contributed by atoms with Gasteiger partial charge in [-0.3, -0.25) is 0 Å². The Morgan fingerprint density at radius 2 is 2.00 bits per heavy atom. The van der Waals surface area contributed by atoms with Gasteiger partial charge in [-0.15, -0.1) is 0 Å². The topological polar surface area (TPSA) is 42.4 Å². The van der Waals surface area contributed by atoms with Crippen LogP contribution in [-0.4, -0.2) is 30.1 Å². The predicted molar refractivity (Wildman–Crippen MR) is 96.2 cm³/mol. The van der Waals surface area contributed by atoms with E-state index in [4.69, 9.17) is 4.74 Å². The lowest BCUT2D eigenvalue weighted by atomic mass is 10.0. The number of pyridine rings is 1. The summed E-state index contributed by atoms with van der Waals surface area (Å²) in [6.07, 6.45) is 2.74. The van der Waals surface area contributed by atoms with Crippen molar-refractivity contribution in [2.75, 3.05) is 18.0 Å². The van der Waals surface area contributed by atoms with Crippen LogP contribution in [0.5, 0.6) is 0 Å². The number of aromatic nitrogens is 1. The van der Waals surface area contributed by atoms with Gasteiger partial charge >= 0.3 is 5.97 Å². The van der Waals surface area contributed by atoms with Gasteiger partial charge < -0.3 is 9.64 Å². The largest absolute Gasteiger partial charge is 0.459 e. The second kappa shape index (κ2) is 7.04. The maximum absolute atomic E-state index is 12.8. The quantitative estimate of drug-likeness (QED) is 0.792. The van der Waals surface area contributed by atoms with Crippen molar-refractivity contribution in [3.63, 3.8) is 0 Å². The number of rotatable bonds is 4. The lowest BCUT2D eigenvalue weighted by Crippen LogP contribution is -2.25. The van der Waals surface area contributed by atoms with Gasteiger partial charge in [0.25, 0.3) is 0 Å². The van der Waals surface area contributed by atoms with Crippen molar-refractivity contribution in [2.24, 2.45) is 5.92 Å². The van der Waals surface area contributed by atoms with Crippen LogP contribution in [-0.2, 0) is 4.74 Å². The summed E-state index contributed by atoms with van der Waals surface area (Å²) in [6, 6.07) is 11.8. The van der Waals surface area contributed by atoms with E-state index < -0.39 is 0 Å². The molecule has 4 nitrogen and oxygen atoms in total. The van der Waals surface area contributed by atoms with Gasteiger partial charge in [-0.25, -0.2) is 9.78 Å². The third-order valence-electron chi connectivity index (χ3n) is 4.29. The van der Waals surface area contributed by atoms with Crippen molar-refractivity contribution < 1.29 is 9.53 Å². The monoisotopic (exact) mass is 324 g/mol. The Bertz CT molecular complexity index is 713. The van der Waals surface area contributed by atoms with Crippen LogP contribution in [0.1, 0.15) is 37.6 Å². The van der Waals surface area contributed by atoms with Gasteiger partial charge in [-0.1, -0.05) is 37.3 Å². The summed E-state index contributed by atoms with van der Waals surface area (Å²) in [4.78, 5) is 19.6. The Balaban J connectivity index is 2.10. The van der Waals surface area contributed by atoms with E-state index in [9.17, 15) is 4.79 Å². The first-order chi connectivity index (χ1) is 11.6. The first-order valence-corrected chi connectivity index (χ1v) is 8.56. The molecule has 2 heterocycles. The van der Waals surface area contributed by atoms with E-state index in [1.165, 1.54) is 0 Å². The molecule has 1 aliphatic rings. The van der Waals surface area contributed by atoms with E-state index in [1.807, 2.05) is 50.2 Å². The third kappa shape index (κ3) is 3.42. The van der Waals surface area contributed by atoms with Crippen LogP contribution in [0, 0.1) is 5.92 Å². The van der Waals surface area contributed by atoms with Crippen LogP contribution in [0.25, 0.3) is 11.1 Å². The van der Waals surface area contributed by atoms with E-state index in [1.54, 1.807) is 6.20 Å². The highest BCUT2D eigenvalue weighted by Crippen LogP contribution is 2.33. The number of carbonyl (C=O) groups is 1. The molecule has 126 valence electrons. The molecule has 1 atom stereocenters. The Labute approximate surface area is 143 Å². The number of nitrogens with zero attached hydrogens (tertiary/aromatic N) is 2. The van der Waals surface area contributed by atoms with Crippen molar-refractivity contribution in [1.82, 2.24) is 4.98 Å². The minimum Gasteiger partial charge on any atom is -0.459 e. The molecule has 0 bridgehead atoms. The highest BCUT2D eigenvalue weighted by molar-refractivity contribution is 6.02. The molecule has 0 radical (unpaired) electrons. The molecule has 3 rings (SSSR count). The minimum atomic E-state index is -0.300. The van der Waals surface area contributed by atoms with Crippen LogP contribution in [0.4, 0.5) is 5.82 Å². The zero-order chi connectivity index (χ0) is 17.1. The van der Waals surface area contributed by atoms with Gasteiger partial charge in [0.15, 0.2) is 0 Å². The molecular weight excluding hydrogens is 300 g/mol. The second-order valence-corrected chi connectivity index (χ2v) is 6.72. The fourth-order valence-electron chi connectivity index (χ4n) is 3.15. The standard InChI is InChI=1S/C20H24N2O2/c1-14(2)24-20(23)18-17(16-7-5-4-6-8-16)9-11-21-19(18)22-12-10-15(3)13-22/h4-9,11,14-15H,10,12-13H2,1-3H3/t15-/m1/s1. The zero-order valence-electron chi connectivity index (χ0n) is 14.5. The van der Waals surface area contributed by atoms with Gasteiger partial charge in [-0.2, -0.15) is 0 Å². The van der Waals surface area contributed by atoms with Gasteiger partial charge in [0.2, 0.25) is 0 Å². The number of esters is 1. The lowest BCUT2D eigenvalue weighted by Gasteiger charge is -2.22. The molecule has 0 unspecified atom stereocenters. The number of hydrogen-bond donors (Lipinski definition) is 0. The molecule has 1 aromatic carbocycles. The summed E-state index contributed by atoms with van der Waals surface area (Å²) >= 11 is 0. The highest BCUT2D eigenvalue weighted by Gasteiger charge is 2.28. The van der Waals surface area contributed by atoms with Crippen molar-refractivity contribution in [3.05, 3.63) is 48.2 Å². The predicted octanol–water partition coefficient (Wildman–Crippen LogP) is 4.16. The average Bonchev–Trinajstić information content (AvgIpc) is 3.00. The molecule has 0 aliphatic carbocycles. The number of hydrogen-bond acceptors (Lipinski definition) is 4. The van der Waals surface area contributed by atoms with Gasteiger partial charge in [0.1, 0.15) is 11.4 Å². The van der Waals surface area contributed by atoms with E-state index in [0.29, 0.717) is 11.5 Å². The maximum Gasteiger partial charge on any atom is 0.342 e. The summed E-state index contributed by atoms with van der Waals surface area (Å²) in [5, 5.41) is 0. The molecule has 24 heavy (non-hydrogen) atoms. The maximum atomic E-state index is 12.8. The zero-order valence-corrected chi connectivity index (χ0v) is 14.5. The second-order valence-electron chi connectivity index (χ2n) is 6.72. The van der Waals surface area contributed by atoms with Crippen molar-refractivity contribution in [1.29, 1.82) is 0 Å². The van der Waals surface area contributed by atoms with Gasteiger partial charge in [-0.05, 0) is 37.8 Å². The number of anilines is 1. The van der Waals surface area contributed by atoms with Crippen LogP contribution >= 0.6 is 0 Å². The molecule has 1 fully saturated rings. The first-order valence-electron chi connectivity index (χ1n) is 8.56. The Hall–Kier alpha value is -2.36. The molecule has 0 amide bonds. The summed E-state index contributed by atoms with van der Waals surface area (Å²) in [6.45, 7) is 7.82. The SMILES string of the molecule is CC(C)OC(=O)c1c(-c2ccccc2)ccnc1N1CC[C@@H](C)C1. The minimum absolute atomic E-state index is 0.160. The molecule has 2 aromatic rings. The van der Waals surface area contributed by atoms with Crippen molar-refractivity contribution in [2.45, 2.75) is 33.3 Å². The molecule has 0 saturated carbocycles. The molecule has 0 spiro atoms. The third-order valence-corrected chi connectivity index (χ3v) is 4.29. The van der Waals surface area contributed by atoms with Gasteiger partial charge in [0.05, 0.1) is 6.10 Å². The fraction of sp³-hybridized carbons (Fsp3) is 0.400. The van der Waals surface area contributed by atoms with Gasteiger partial charge in [0, 0.05) is 24.8 Å². The number of carbonyl (C=O) groups excluding carboxylic acids is 1. The molecule has 1 aromatic heterocycles. The molecule has 4 heteroatoms. The molecule has 1 saturated heterocycles. The van der Waals surface area contributed by atoms with Crippen molar-refractivity contribution in [3.8, 4) is 11.1 Å². The van der Waals surface area contributed by atoms with E-state index in [-0.39, 0.29) is 12.1 Å². The number of ether oxygens (including phenoxy) is 1. The van der Waals surface area contributed by atoms with Crippen LogP contribution in [0.3, 0.4) is 0 Å². The number of benzene rings is 1. The Kier molecular flexibility index (Phi) is 4.84. The summed E-state index contributed by atoms with van der Waals surface area (Å²) in [7, 11) is 0. The van der Waals surface area contributed by atoms with Crippen LogP contribution < -0.4 is 4.90 Å². The normalized spacial score (nSPS) is 17.3. The Morgan fingerprint density at radius 3 is 2.62 bits per heavy atom. The van der Waals surface area contributed by atoms with E-state index >= 15 is 0 Å². The summed E-state index contributed by atoms with van der Waals surface area (Å²) in [5.74, 6) is 1.05. The van der Waals surface area contributed by atoms with Crippen LogP contribution in [0.2, 0.25) is 0 Å². The van der Waals surface area contributed by atoms with E-state index in [2.05, 4.69) is 16.8 Å². The fourth-order valence-corrected chi connectivity index (χ4v) is 3.15. The summed E-state index contributed by atoms with van der Waals surface area (Å²) in [5.41, 5.74) is 2.46. The van der Waals surface area contributed by atoms with E-state index in [0.717, 1.165) is 36.5 Å². The smallest absolute Gasteiger partial charge is 0.342 e. The van der Waals surface area contributed by atoms with Crippen molar-refractivity contribution >= 4 is 11.8 Å². The Morgan fingerprint density at radius 1 is 1.25 bits per heavy atom.